The molecular formula is C14H25N3. The van der Waals surface area contributed by atoms with Crippen LogP contribution in [-0.2, 0) is 0 Å². The monoisotopic (exact) mass is 235 g/mol. The van der Waals surface area contributed by atoms with E-state index in [4.69, 9.17) is 0 Å². The lowest BCUT2D eigenvalue weighted by Crippen LogP contribution is -2.30. The lowest BCUT2D eigenvalue weighted by Gasteiger charge is -2.28. The van der Waals surface area contributed by atoms with Crippen molar-refractivity contribution in [3.8, 4) is 0 Å². The van der Waals surface area contributed by atoms with Crippen LogP contribution in [0.15, 0.2) is 18.5 Å². The quantitative estimate of drug-likeness (QED) is 0.819. The second-order valence-electron chi connectivity index (χ2n) is 5.05. The van der Waals surface area contributed by atoms with Gasteiger partial charge in [0.2, 0.25) is 0 Å². The molecule has 0 aliphatic heterocycles. The molecule has 0 fully saturated rings. The Bertz CT molecular complexity index is 336. The summed E-state index contributed by atoms with van der Waals surface area (Å²) in [5.74, 6) is 0.720. The van der Waals surface area contributed by atoms with Crippen molar-refractivity contribution < 1.29 is 0 Å². The molecule has 3 nitrogen and oxygen atoms in total. The summed E-state index contributed by atoms with van der Waals surface area (Å²) in [4.78, 5) is 6.58. The summed E-state index contributed by atoms with van der Waals surface area (Å²) >= 11 is 0. The third kappa shape index (κ3) is 4.25. The van der Waals surface area contributed by atoms with Gasteiger partial charge in [-0.05, 0) is 32.3 Å². The maximum atomic E-state index is 4.28. The van der Waals surface area contributed by atoms with E-state index in [1.165, 1.54) is 12.1 Å². The predicted molar refractivity (Wildman–Crippen MR) is 75.7 cm³/mol. The third-order valence-corrected chi connectivity index (χ3v) is 2.99. The molecule has 0 saturated heterocycles. The Kier molecular flexibility index (Phi) is 5.26. The number of aromatic nitrogens is 1. The first-order valence-electron chi connectivity index (χ1n) is 6.46. The zero-order valence-electron chi connectivity index (χ0n) is 11.7. The molecule has 1 aromatic rings. The first-order valence-corrected chi connectivity index (χ1v) is 6.46. The van der Waals surface area contributed by atoms with Crippen LogP contribution in [0, 0.1) is 5.92 Å². The molecule has 1 heterocycles. The summed E-state index contributed by atoms with van der Waals surface area (Å²) in [6, 6.07) is 2.70. The van der Waals surface area contributed by atoms with E-state index < -0.39 is 0 Å². The highest BCUT2D eigenvalue weighted by Gasteiger charge is 2.12. The molecule has 0 aromatic carbocycles. The maximum Gasteiger partial charge on any atom is 0.0573 e. The Morgan fingerprint density at radius 2 is 2.00 bits per heavy atom. The molecule has 0 amide bonds. The lowest BCUT2D eigenvalue weighted by atomic mass is 10.0. The van der Waals surface area contributed by atoms with Gasteiger partial charge in [0.25, 0.3) is 0 Å². The van der Waals surface area contributed by atoms with Crippen LogP contribution in [0.1, 0.15) is 34.1 Å². The van der Waals surface area contributed by atoms with Gasteiger partial charge in [-0.15, -0.1) is 0 Å². The van der Waals surface area contributed by atoms with E-state index in [1.54, 1.807) is 0 Å². The number of hydrogen-bond acceptors (Lipinski definition) is 3. The summed E-state index contributed by atoms with van der Waals surface area (Å²) in [6.45, 7) is 9.81. The molecule has 0 saturated carbocycles. The van der Waals surface area contributed by atoms with Gasteiger partial charge in [0, 0.05) is 19.6 Å². The van der Waals surface area contributed by atoms with Crippen molar-refractivity contribution in [3.05, 3.63) is 18.5 Å². The fourth-order valence-corrected chi connectivity index (χ4v) is 2.02. The number of nitrogens with zero attached hydrogens (tertiary/aromatic N) is 2. The average molecular weight is 235 g/mol. The van der Waals surface area contributed by atoms with Crippen molar-refractivity contribution in [1.82, 2.24) is 4.98 Å². The van der Waals surface area contributed by atoms with Gasteiger partial charge in [0.1, 0.15) is 0 Å². The molecule has 1 aromatic heterocycles. The van der Waals surface area contributed by atoms with Crippen LogP contribution < -0.4 is 10.2 Å². The molecular weight excluding hydrogens is 210 g/mol. The summed E-state index contributed by atoms with van der Waals surface area (Å²) in [5.41, 5.74) is 2.27. The van der Waals surface area contributed by atoms with Crippen molar-refractivity contribution in [2.75, 3.05) is 23.8 Å². The number of hydrogen-bond donors (Lipinski definition) is 1. The molecule has 1 unspecified atom stereocenters. The van der Waals surface area contributed by atoms with E-state index in [0.29, 0.717) is 6.04 Å². The molecule has 0 radical (unpaired) electrons. The lowest BCUT2D eigenvalue weighted by molar-refractivity contribution is 0.504. The van der Waals surface area contributed by atoms with E-state index in [2.05, 4.69) is 56.0 Å². The van der Waals surface area contributed by atoms with E-state index in [1.807, 2.05) is 12.4 Å². The van der Waals surface area contributed by atoms with Crippen LogP contribution in [0.3, 0.4) is 0 Å². The molecule has 0 aliphatic carbocycles. The fourth-order valence-electron chi connectivity index (χ4n) is 2.02. The number of anilines is 2. The van der Waals surface area contributed by atoms with Crippen LogP contribution in [-0.4, -0.2) is 24.6 Å². The summed E-state index contributed by atoms with van der Waals surface area (Å²) in [6.07, 6.45) is 4.99. The minimum absolute atomic E-state index is 0.536. The molecule has 0 bridgehead atoms. The second-order valence-corrected chi connectivity index (χ2v) is 5.05. The number of pyridine rings is 1. The molecule has 0 aliphatic rings. The van der Waals surface area contributed by atoms with Crippen LogP contribution >= 0.6 is 0 Å². The zero-order chi connectivity index (χ0) is 12.8. The Labute approximate surface area is 105 Å². The van der Waals surface area contributed by atoms with Crippen molar-refractivity contribution >= 4 is 11.4 Å². The third-order valence-electron chi connectivity index (χ3n) is 2.99. The molecule has 96 valence electrons. The van der Waals surface area contributed by atoms with Crippen molar-refractivity contribution in [3.63, 3.8) is 0 Å². The Morgan fingerprint density at radius 3 is 2.59 bits per heavy atom. The van der Waals surface area contributed by atoms with Gasteiger partial charge in [-0.2, -0.15) is 0 Å². The Morgan fingerprint density at radius 1 is 1.29 bits per heavy atom. The van der Waals surface area contributed by atoms with Crippen molar-refractivity contribution in [2.24, 2.45) is 5.92 Å². The number of rotatable bonds is 6. The molecule has 1 atom stereocenters. The van der Waals surface area contributed by atoms with E-state index in [0.717, 1.165) is 18.2 Å². The minimum atomic E-state index is 0.536. The van der Waals surface area contributed by atoms with Gasteiger partial charge in [-0.3, -0.25) is 4.98 Å². The topological polar surface area (TPSA) is 28.2 Å². The van der Waals surface area contributed by atoms with Crippen molar-refractivity contribution in [2.45, 2.75) is 40.2 Å². The van der Waals surface area contributed by atoms with Crippen LogP contribution in [0.2, 0.25) is 0 Å². The highest BCUT2D eigenvalue weighted by molar-refractivity contribution is 5.55. The molecule has 0 spiro atoms. The normalized spacial score (nSPS) is 12.6. The minimum Gasteiger partial charge on any atom is -0.384 e. The van der Waals surface area contributed by atoms with Gasteiger partial charge >= 0.3 is 0 Å². The summed E-state index contributed by atoms with van der Waals surface area (Å²) in [7, 11) is 2.14. The second kappa shape index (κ2) is 6.48. The van der Waals surface area contributed by atoms with E-state index >= 15 is 0 Å². The highest BCUT2D eigenvalue weighted by atomic mass is 15.1. The van der Waals surface area contributed by atoms with Gasteiger partial charge in [-0.25, -0.2) is 0 Å². The van der Waals surface area contributed by atoms with Crippen LogP contribution in [0.5, 0.6) is 0 Å². The maximum absolute atomic E-state index is 4.28. The van der Waals surface area contributed by atoms with E-state index in [-0.39, 0.29) is 0 Å². The molecule has 1 rings (SSSR count). The zero-order valence-corrected chi connectivity index (χ0v) is 11.7. The highest BCUT2D eigenvalue weighted by Crippen LogP contribution is 2.21. The van der Waals surface area contributed by atoms with Gasteiger partial charge in [0.15, 0.2) is 0 Å². The number of nitrogens with one attached hydrogen (secondary N) is 1. The Balaban J connectivity index is 2.73. The van der Waals surface area contributed by atoms with Gasteiger partial charge in [-0.1, -0.05) is 13.8 Å². The molecule has 1 N–H and O–H groups in total. The van der Waals surface area contributed by atoms with E-state index in [9.17, 15) is 0 Å². The van der Waals surface area contributed by atoms with Gasteiger partial charge < -0.3 is 10.2 Å². The first kappa shape index (κ1) is 13.8. The van der Waals surface area contributed by atoms with Crippen LogP contribution in [0.25, 0.3) is 0 Å². The molecule has 17 heavy (non-hydrogen) atoms. The molecule has 3 heteroatoms. The van der Waals surface area contributed by atoms with Crippen LogP contribution in [0.4, 0.5) is 11.4 Å². The average Bonchev–Trinajstić information content (AvgIpc) is 2.28. The SMILES string of the molecule is CCNc1cncc(N(C)C(C)CC(C)C)c1. The fraction of sp³-hybridized carbons (Fsp3) is 0.643. The Hall–Kier alpha value is -1.25. The van der Waals surface area contributed by atoms with Gasteiger partial charge in [0.05, 0.1) is 23.8 Å². The summed E-state index contributed by atoms with van der Waals surface area (Å²) in [5, 5.41) is 3.29. The predicted octanol–water partition coefficient (Wildman–Crippen LogP) is 3.38. The smallest absolute Gasteiger partial charge is 0.0573 e. The van der Waals surface area contributed by atoms with Crippen molar-refractivity contribution in [1.29, 1.82) is 0 Å². The first-order chi connectivity index (χ1) is 8.04. The standard InChI is InChI=1S/C14H25N3/c1-6-16-13-8-14(10-15-9-13)17(5)12(4)7-11(2)3/h8-12,16H,6-7H2,1-5H3. The summed E-state index contributed by atoms with van der Waals surface area (Å²) < 4.78 is 0. The largest absolute Gasteiger partial charge is 0.384 e.